The highest BCUT2D eigenvalue weighted by Gasteiger charge is 2.29. The Kier molecular flexibility index (Phi) is 6.13. The van der Waals surface area contributed by atoms with Gasteiger partial charge in [0.2, 0.25) is 0 Å². The summed E-state index contributed by atoms with van der Waals surface area (Å²) >= 11 is 12.1. The molecule has 0 N–H and O–H groups in total. The maximum Gasteiger partial charge on any atom is 0.199 e. The van der Waals surface area contributed by atoms with Crippen molar-refractivity contribution in [2.45, 2.75) is 25.6 Å². The number of rotatable bonds is 6. The molecular formula is C22H25ClN4O2S. The number of hydrogen-bond acceptors (Lipinski definition) is 5. The van der Waals surface area contributed by atoms with Crippen LogP contribution in [0.5, 0.6) is 11.5 Å². The highest BCUT2D eigenvalue weighted by atomic mass is 35.5. The molecule has 8 heteroatoms. The molecule has 2 heterocycles. The van der Waals surface area contributed by atoms with Gasteiger partial charge < -0.3 is 14.0 Å². The summed E-state index contributed by atoms with van der Waals surface area (Å²) in [5.74, 6) is 2.40. The quantitative estimate of drug-likeness (QED) is 0.496. The van der Waals surface area contributed by atoms with E-state index in [1.807, 2.05) is 52.7 Å². The molecule has 1 aliphatic heterocycles. The molecule has 1 saturated heterocycles. The molecule has 1 aromatic heterocycles. The lowest BCUT2D eigenvalue weighted by atomic mass is 10.0. The lowest BCUT2D eigenvalue weighted by Crippen LogP contribution is -2.27. The summed E-state index contributed by atoms with van der Waals surface area (Å²) in [5, 5.41) is 5.46. The molecule has 3 aromatic rings. The van der Waals surface area contributed by atoms with Crippen molar-refractivity contribution in [3.63, 3.8) is 0 Å². The lowest BCUT2D eigenvalue weighted by Gasteiger charge is -2.26. The van der Waals surface area contributed by atoms with Crippen LogP contribution in [0.2, 0.25) is 5.02 Å². The zero-order valence-corrected chi connectivity index (χ0v) is 18.9. The van der Waals surface area contributed by atoms with Crippen molar-refractivity contribution < 1.29 is 9.47 Å². The van der Waals surface area contributed by atoms with Gasteiger partial charge in [0.15, 0.2) is 10.6 Å². The normalized spacial score (nSPS) is 16.7. The molecule has 30 heavy (non-hydrogen) atoms. The largest absolute Gasteiger partial charge is 0.497 e. The molecular weight excluding hydrogens is 420 g/mol. The molecule has 0 saturated carbocycles. The van der Waals surface area contributed by atoms with Crippen LogP contribution in [0.25, 0.3) is 11.4 Å². The molecule has 6 nitrogen and oxygen atoms in total. The second-order valence-electron chi connectivity index (χ2n) is 7.36. The van der Waals surface area contributed by atoms with Crippen LogP contribution in [0.1, 0.15) is 24.4 Å². The van der Waals surface area contributed by atoms with Crippen molar-refractivity contribution in [2.24, 2.45) is 7.05 Å². The molecule has 0 aliphatic carbocycles. The summed E-state index contributed by atoms with van der Waals surface area (Å²) in [6, 6.07) is 13.9. The first-order valence-electron chi connectivity index (χ1n) is 9.88. The number of methoxy groups -OCH3 is 2. The molecule has 1 atom stereocenters. The van der Waals surface area contributed by atoms with Crippen LogP contribution in [0.15, 0.2) is 42.5 Å². The van der Waals surface area contributed by atoms with E-state index in [9.17, 15) is 0 Å². The number of likely N-dealkylation sites (tertiary alicyclic amines) is 1. The van der Waals surface area contributed by atoms with E-state index in [0.717, 1.165) is 47.8 Å². The van der Waals surface area contributed by atoms with E-state index in [2.05, 4.69) is 11.0 Å². The zero-order chi connectivity index (χ0) is 21.3. The van der Waals surface area contributed by atoms with E-state index in [1.165, 1.54) is 0 Å². The Morgan fingerprint density at radius 1 is 1.17 bits per heavy atom. The van der Waals surface area contributed by atoms with Crippen LogP contribution in [0.3, 0.4) is 0 Å². The second kappa shape index (κ2) is 8.79. The van der Waals surface area contributed by atoms with Crippen LogP contribution in [0, 0.1) is 4.77 Å². The first-order chi connectivity index (χ1) is 14.5. The molecule has 0 bridgehead atoms. The first-order valence-corrected chi connectivity index (χ1v) is 10.7. The monoisotopic (exact) mass is 444 g/mol. The van der Waals surface area contributed by atoms with Crippen molar-refractivity contribution >= 4 is 23.8 Å². The van der Waals surface area contributed by atoms with E-state index in [1.54, 1.807) is 14.2 Å². The number of nitrogens with zero attached hydrogens (tertiary/aromatic N) is 4. The minimum Gasteiger partial charge on any atom is -0.497 e. The van der Waals surface area contributed by atoms with Gasteiger partial charge in [-0.15, -0.1) is 0 Å². The minimum atomic E-state index is 0.235. The molecule has 2 aromatic carbocycles. The van der Waals surface area contributed by atoms with Crippen LogP contribution in [0.4, 0.5) is 0 Å². The Morgan fingerprint density at radius 3 is 2.70 bits per heavy atom. The van der Waals surface area contributed by atoms with Crippen molar-refractivity contribution in [3.8, 4) is 22.9 Å². The van der Waals surface area contributed by atoms with Crippen LogP contribution in [-0.4, -0.2) is 40.0 Å². The number of halogens is 1. The van der Waals surface area contributed by atoms with Crippen molar-refractivity contribution in [2.75, 3.05) is 20.8 Å². The van der Waals surface area contributed by atoms with Gasteiger partial charge in [0.1, 0.15) is 11.5 Å². The Morgan fingerprint density at radius 2 is 1.97 bits per heavy atom. The maximum atomic E-state index is 6.39. The lowest BCUT2D eigenvalue weighted by molar-refractivity contribution is 0.187. The Hall–Kier alpha value is -2.35. The molecule has 4 rings (SSSR count). The van der Waals surface area contributed by atoms with Gasteiger partial charge in [-0.25, -0.2) is 4.68 Å². The van der Waals surface area contributed by atoms with Gasteiger partial charge in [-0.3, -0.25) is 4.90 Å². The van der Waals surface area contributed by atoms with Gasteiger partial charge in [0.25, 0.3) is 0 Å². The molecule has 0 spiro atoms. The minimum absolute atomic E-state index is 0.235. The maximum absolute atomic E-state index is 6.39. The predicted octanol–water partition coefficient (Wildman–Crippen LogP) is 5.08. The Labute approximate surface area is 186 Å². The highest BCUT2D eigenvalue weighted by molar-refractivity contribution is 7.71. The summed E-state index contributed by atoms with van der Waals surface area (Å²) in [7, 11) is 5.29. The third-order valence-corrected chi connectivity index (χ3v) is 6.45. The fourth-order valence-corrected chi connectivity index (χ4v) is 4.48. The smallest absolute Gasteiger partial charge is 0.199 e. The van der Waals surface area contributed by atoms with Gasteiger partial charge in [-0.2, -0.15) is 5.10 Å². The molecule has 0 radical (unpaired) electrons. The van der Waals surface area contributed by atoms with Gasteiger partial charge in [-0.1, -0.05) is 29.8 Å². The molecule has 0 unspecified atom stereocenters. The fraction of sp³-hybridized carbons (Fsp3) is 0.364. The highest BCUT2D eigenvalue weighted by Crippen LogP contribution is 2.39. The van der Waals surface area contributed by atoms with Crippen LogP contribution >= 0.6 is 23.8 Å². The average molecular weight is 445 g/mol. The van der Waals surface area contributed by atoms with E-state index in [4.69, 9.17) is 38.4 Å². The fourth-order valence-electron chi connectivity index (χ4n) is 4.07. The van der Waals surface area contributed by atoms with E-state index in [-0.39, 0.29) is 6.04 Å². The van der Waals surface area contributed by atoms with Crippen molar-refractivity contribution in [1.82, 2.24) is 19.2 Å². The van der Waals surface area contributed by atoms with Gasteiger partial charge in [-0.05, 0) is 43.3 Å². The summed E-state index contributed by atoms with van der Waals surface area (Å²) in [6.45, 7) is 1.58. The van der Waals surface area contributed by atoms with Crippen LogP contribution in [-0.2, 0) is 13.7 Å². The van der Waals surface area contributed by atoms with Gasteiger partial charge >= 0.3 is 0 Å². The van der Waals surface area contributed by atoms with E-state index < -0.39 is 0 Å². The Bertz CT molecular complexity index is 1110. The number of benzene rings is 2. The summed E-state index contributed by atoms with van der Waals surface area (Å²) in [5.41, 5.74) is 2.03. The topological polar surface area (TPSA) is 44.5 Å². The van der Waals surface area contributed by atoms with E-state index in [0.29, 0.717) is 16.5 Å². The average Bonchev–Trinajstić information content (AvgIpc) is 3.33. The summed E-state index contributed by atoms with van der Waals surface area (Å²) < 4.78 is 15.4. The van der Waals surface area contributed by atoms with Gasteiger partial charge in [0, 0.05) is 36.8 Å². The third-order valence-electron chi connectivity index (χ3n) is 5.63. The van der Waals surface area contributed by atoms with Crippen LogP contribution < -0.4 is 9.47 Å². The third kappa shape index (κ3) is 3.85. The van der Waals surface area contributed by atoms with Crippen molar-refractivity contribution in [1.29, 1.82) is 0 Å². The van der Waals surface area contributed by atoms with Crippen molar-refractivity contribution in [3.05, 3.63) is 57.8 Å². The number of ether oxygens (including phenoxy) is 2. The van der Waals surface area contributed by atoms with E-state index >= 15 is 0 Å². The summed E-state index contributed by atoms with van der Waals surface area (Å²) in [4.78, 5) is 2.39. The van der Waals surface area contributed by atoms with Gasteiger partial charge in [0.05, 0.1) is 25.9 Å². The molecule has 158 valence electrons. The SMILES string of the molecule is COc1ccc([C@@H]2CCCN2Cn2nc(-c3ccccc3Cl)n(C)c2=S)c(OC)c1. The standard InChI is InChI=1S/C22H25ClN4O2S/c1-25-21(16-7-4-5-8-18(16)23)24-27(22(25)30)14-26-12-6-9-19(26)17-11-10-15(28-2)13-20(17)29-3/h4-5,7-8,10-11,13,19H,6,9,12,14H2,1-3H3/t19-/m0/s1. The summed E-state index contributed by atoms with van der Waals surface area (Å²) in [6.07, 6.45) is 2.16. The second-order valence-corrected chi connectivity index (χ2v) is 8.14. The Balaban J connectivity index is 1.64. The zero-order valence-electron chi connectivity index (χ0n) is 17.3. The first kappa shape index (κ1) is 20.9. The predicted molar refractivity (Wildman–Crippen MR) is 121 cm³/mol. The number of hydrogen-bond donors (Lipinski definition) is 0. The molecule has 1 fully saturated rings. The number of aromatic nitrogens is 3. The molecule has 0 amide bonds. The molecule has 1 aliphatic rings.